The van der Waals surface area contributed by atoms with Gasteiger partial charge < -0.3 is 10.1 Å². The summed E-state index contributed by atoms with van der Waals surface area (Å²) in [5.74, 6) is 0.314. The normalized spacial score (nSPS) is 10.3. The molecule has 132 valence electrons. The maximum Gasteiger partial charge on any atom is 0.272 e. The van der Waals surface area contributed by atoms with Crippen molar-refractivity contribution < 1.29 is 14.3 Å². The summed E-state index contributed by atoms with van der Waals surface area (Å²) in [5, 5.41) is 6.87. The van der Waals surface area contributed by atoms with Gasteiger partial charge >= 0.3 is 0 Å². The number of nitrogens with one attached hydrogen (secondary N) is 1. The number of carbonyl (C=O) groups excluding carboxylic acids is 2. The Morgan fingerprint density at radius 2 is 1.77 bits per heavy atom. The minimum absolute atomic E-state index is 0.0247. The van der Waals surface area contributed by atoms with Crippen molar-refractivity contribution in [3.05, 3.63) is 78.1 Å². The Hall–Kier alpha value is -3.41. The second kappa shape index (κ2) is 8.11. The van der Waals surface area contributed by atoms with Crippen molar-refractivity contribution in [2.45, 2.75) is 6.42 Å². The molecule has 0 aliphatic heterocycles. The number of rotatable bonds is 7. The Balaban J connectivity index is 1.56. The Labute approximate surface area is 151 Å². The van der Waals surface area contributed by atoms with Gasteiger partial charge in [0.25, 0.3) is 5.91 Å². The molecular weight excluding hydrogens is 330 g/mol. The number of hydrogen-bond donors (Lipinski definition) is 1. The molecule has 0 unspecified atom stereocenters. The predicted molar refractivity (Wildman–Crippen MR) is 97.6 cm³/mol. The van der Waals surface area contributed by atoms with Crippen molar-refractivity contribution in [3.8, 4) is 11.4 Å². The first-order valence-corrected chi connectivity index (χ1v) is 8.19. The topological polar surface area (TPSA) is 73.2 Å². The summed E-state index contributed by atoms with van der Waals surface area (Å²) < 4.78 is 6.72. The van der Waals surface area contributed by atoms with E-state index in [4.69, 9.17) is 4.74 Å². The van der Waals surface area contributed by atoms with Crippen molar-refractivity contribution in [1.82, 2.24) is 15.1 Å². The molecule has 0 aliphatic carbocycles. The van der Waals surface area contributed by atoms with E-state index in [9.17, 15) is 9.59 Å². The van der Waals surface area contributed by atoms with Gasteiger partial charge in [-0.2, -0.15) is 5.10 Å². The van der Waals surface area contributed by atoms with Gasteiger partial charge in [0.15, 0.2) is 11.5 Å². The first-order valence-electron chi connectivity index (χ1n) is 8.19. The van der Waals surface area contributed by atoms with Crippen LogP contribution in [-0.2, 0) is 11.2 Å². The number of ether oxygens (including phenoxy) is 1. The fourth-order valence-electron chi connectivity index (χ4n) is 2.48. The molecular formula is C20H19N3O3. The summed E-state index contributed by atoms with van der Waals surface area (Å²) >= 11 is 0. The van der Waals surface area contributed by atoms with Crippen molar-refractivity contribution in [1.29, 1.82) is 0 Å². The lowest BCUT2D eigenvalue weighted by Crippen LogP contribution is -2.30. The van der Waals surface area contributed by atoms with Gasteiger partial charge in [-0.15, -0.1) is 0 Å². The van der Waals surface area contributed by atoms with Crippen molar-refractivity contribution in [3.63, 3.8) is 0 Å². The lowest BCUT2D eigenvalue weighted by atomic mass is 10.1. The molecule has 6 heteroatoms. The minimum atomic E-state index is -0.376. The number of hydrogen-bond acceptors (Lipinski definition) is 4. The number of Topliss-reactive ketones (excluding diaryl/α,β-unsaturated/α-hetero) is 1. The van der Waals surface area contributed by atoms with E-state index in [1.165, 1.54) is 0 Å². The fourth-order valence-corrected chi connectivity index (χ4v) is 2.48. The third-order valence-corrected chi connectivity index (χ3v) is 3.85. The van der Waals surface area contributed by atoms with Crippen LogP contribution in [0.25, 0.3) is 5.69 Å². The molecule has 3 rings (SSSR count). The minimum Gasteiger partial charge on any atom is -0.497 e. The predicted octanol–water partition coefficient (Wildman–Crippen LogP) is 2.42. The van der Waals surface area contributed by atoms with Crippen LogP contribution in [0.4, 0.5) is 0 Å². The summed E-state index contributed by atoms with van der Waals surface area (Å²) in [6, 6.07) is 18.4. The number of aromatic nitrogens is 2. The number of nitrogens with zero attached hydrogens (tertiary/aromatic N) is 2. The maximum atomic E-state index is 12.2. The van der Waals surface area contributed by atoms with Crippen LogP contribution >= 0.6 is 0 Å². The summed E-state index contributed by atoms with van der Waals surface area (Å²) in [5.41, 5.74) is 1.99. The third kappa shape index (κ3) is 4.36. The summed E-state index contributed by atoms with van der Waals surface area (Å²) in [7, 11) is 1.60. The summed E-state index contributed by atoms with van der Waals surface area (Å²) in [4.78, 5) is 24.2. The van der Waals surface area contributed by atoms with Crippen LogP contribution < -0.4 is 10.1 Å². The lowest BCUT2D eigenvalue weighted by Gasteiger charge is -2.04. The molecule has 1 aromatic heterocycles. The molecule has 0 spiro atoms. The summed E-state index contributed by atoms with van der Waals surface area (Å²) in [6.07, 6.45) is 1.99. The van der Waals surface area contributed by atoms with Crippen LogP contribution in [0, 0.1) is 0 Å². The van der Waals surface area contributed by atoms with Gasteiger partial charge in [-0.05, 0) is 35.9 Å². The average Bonchev–Trinajstić information content (AvgIpc) is 3.17. The van der Waals surface area contributed by atoms with Gasteiger partial charge in [0.2, 0.25) is 0 Å². The van der Waals surface area contributed by atoms with E-state index in [-0.39, 0.29) is 23.9 Å². The van der Waals surface area contributed by atoms with E-state index in [1.807, 2.05) is 54.6 Å². The second-order valence-corrected chi connectivity index (χ2v) is 5.73. The van der Waals surface area contributed by atoms with Gasteiger partial charge in [0.05, 0.1) is 19.3 Å². The first-order chi connectivity index (χ1) is 12.7. The molecule has 0 aliphatic rings. The number of methoxy groups -OCH3 is 1. The van der Waals surface area contributed by atoms with Crippen LogP contribution in [0.5, 0.6) is 5.75 Å². The van der Waals surface area contributed by atoms with Crippen LogP contribution in [0.1, 0.15) is 16.1 Å². The molecule has 0 saturated carbocycles. The standard InChI is InChI=1S/C20H19N3O3/c1-26-18-9-7-16(8-10-18)23-12-11-19(22-23)20(25)21-14-17(24)13-15-5-3-2-4-6-15/h2-12H,13-14H2,1H3,(H,21,25). The Kier molecular flexibility index (Phi) is 5.43. The largest absolute Gasteiger partial charge is 0.497 e. The number of amides is 1. The average molecular weight is 349 g/mol. The first kappa shape index (κ1) is 17.4. The molecule has 0 atom stereocenters. The Morgan fingerprint density at radius 3 is 2.46 bits per heavy atom. The Morgan fingerprint density at radius 1 is 1.04 bits per heavy atom. The lowest BCUT2D eigenvalue weighted by molar-refractivity contribution is -0.117. The van der Waals surface area contributed by atoms with Crippen LogP contribution in [0.3, 0.4) is 0 Å². The van der Waals surface area contributed by atoms with E-state index in [0.29, 0.717) is 6.42 Å². The van der Waals surface area contributed by atoms with Crippen molar-refractivity contribution in [2.75, 3.05) is 13.7 Å². The smallest absolute Gasteiger partial charge is 0.272 e. The molecule has 0 bridgehead atoms. The highest BCUT2D eigenvalue weighted by Crippen LogP contribution is 2.14. The zero-order valence-electron chi connectivity index (χ0n) is 14.4. The summed E-state index contributed by atoms with van der Waals surface area (Å²) in [6.45, 7) is -0.0247. The van der Waals surface area contributed by atoms with E-state index in [1.54, 1.807) is 24.1 Å². The van der Waals surface area contributed by atoms with Crippen LogP contribution in [0.2, 0.25) is 0 Å². The molecule has 1 amide bonds. The van der Waals surface area contributed by atoms with Gasteiger partial charge in [-0.3, -0.25) is 9.59 Å². The van der Waals surface area contributed by atoms with E-state index < -0.39 is 0 Å². The van der Waals surface area contributed by atoms with Gasteiger partial charge in [0, 0.05) is 12.6 Å². The molecule has 0 saturated heterocycles. The maximum absolute atomic E-state index is 12.2. The quantitative estimate of drug-likeness (QED) is 0.711. The SMILES string of the molecule is COc1ccc(-n2ccc(C(=O)NCC(=O)Cc3ccccc3)n2)cc1. The van der Waals surface area contributed by atoms with Gasteiger partial charge in [0.1, 0.15) is 5.75 Å². The zero-order valence-corrected chi connectivity index (χ0v) is 14.4. The highest BCUT2D eigenvalue weighted by Gasteiger charge is 2.12. The van der Waals surface area contributed by atoms with Crippen LogP contribution in [0.15, 0.2) is 66.9 Å². The molecule has 26 heavy (non-hydrogen) atoms. The molecule has 2 aromatic carbocycles. The molecule has 6 nitrogen and oxygen atoms in total. The molecule has 0 fully saturated rings. The molecule has 0 radical (unpaired) electrons. The fraction of sp³-hybridized carbons (Fsp3) is 0.150. The number of ketones is 1. The molecule has 1 N–H and O–H groups in total. The monoisotopic (exact) mass is 349 g/mol. The third-order valence-electron chi connectivity index (χ3n) is 3.85. The van der Waals surface area contributed by atoms with Gasteiger partial charge in [-0.1, -0.05) is 30.3 Å². The number of carbonyl (C=O) groups is 2. The van der Waals surface area contributed by atoms with Crippen LogP contribution in [-0.4, -0.2) is 35.1 Å². The highest BCUT2D eigenvalue weighted by atomic mass is 16.5. The number of benzene rings is 2. The Bertz CT molecular complexity index is 886. The molecule has 1 heterocycles. The van der Waals surface area contributed by atoms with Gasteiger partial charge in [-0.25, -0.2) is 4.68 Å². The second-order valence-electron chi connectivity index (χ2n) is 5.73. The van der Waals surface area contributed by atoms with E-state index in [0.717, 1.165) is 17.0 Å². The highest BCUT2D eigenvalue weighted by molar-refractivity contribution is 5.95. The van der Waals surface area contributed by atoms with Crippen molar-refractivity contribution in [2.24, 2.45) is 0 Å². The van der Waals surface area contributed by atoms with E-state index >= 15 is 0 Å². The molecule has 3 aromatic rings. The van der Waals surface area contributed by atoms with Crippen molar-refractivity contribution >= 4 is 11.7 Å². The zero-order chi connectivity index (χ0) is 18.4. The van der Waals surface area contributed by atoms with E-state index in [2.05, 4.69) is 10.4 Å².